The first-order valence-corrected chi connectivity index (χ1v) is 8.84. The first-order chi connectivity index (χ1) is 11.8. The maximum atomic E-state index is 11.9. The van der Waals surface area contributed by atoms with Crippen LogP contribution in [0.15, 0.2) is 42.5 Å². The number of carbonyl (C=O) groups is 1. The monoisotopic (exact) mass is 360 g/mol. The second kappa shape index (κ2) is 8.39. The molecule has 2 rings (SSSR count). The Bertz CT molecular complexity index is 715. The van der Waals surface area contributed by atoms with E-state index < -0.39 is 0 Å². The highest BCUT2D eigenvalue weighted by atomic mass is 35.5. The van der Waals surface area contributed by atoms with Gasteiger partial charge in [0, 0.05) is 11.4 Å². The number of carbonyl (C=O) groups excluding carboxylic acids is 1. The van der Waals surface area contributed by atoms with Gasteiger partial charge in [-0.3, -0.25) is 4.79 Å². The van der Waals surface area contributed by atoms with E-state index in [4.69, 9.17) is 21.1 Å². The van der Waals surface area contributed by atoms with Crippen LogP contribution in [0.3, 0.4) is 0 Å². The molecule has 0 unspecified atom stereocenters. The molecule has 0 fully saturated rings. The molecule has 0 spiro atoms. The lowest BCUT2D eigenvalue weighted by Gasteiger charge is -2.19. The van der Waals surface area contributed by atoms with Crippen LogP contribution >= 0.6 is 11.6 Å². The van der Waals surface area contributed by atoms with Crippen molar-refractivity contribution in [2.24, 2.45) is 0 Å². The molecule has 0 heterocycles. The Hall–Kier alpha value is -2.00. The molecular weight excluding hydrogens is 336 g/mol. The molecule has 2 aromatic carbocycles. The van der Waals surface area contributed by atoms with Gasteiger partial charge in [-0.1, -0.05) is 44.5 Å². The fourth-order valence-electron chi connectivity index (χ4n) is 2.32. The van der Waals surface area contributed by atoms with Gasteiger partial charge in [0.25, 0.3) is 0 Å². The second-order valence-corrected chi connectivity index (χ2v) is 7.52. The molecule has 4 heteroatoms. The maximum absolute atomic E-state index is 11.9. The van der Waals surface area contributed by atoms with E-state index in [-0.39, 0.29) is 11.4 Å². The first-order valence-electron chi connectivity index (χ1n) is 8.46. The molecule has 134 valence electrons. The number of aryl methyl sites for hydroxylation is 1. The van der Waals surface area contributed by atoms with Crippen LogP contribution in [0.5, 0.6) is 11.5 Å². The van der Waals surface area contributed by atoms with Gasteiger partial charge in [-0.25, -0.2) is 0 Å². The largest absolute Gasteiger partial charge is 0.494 e. The van der Waals surface area contributed by atoms with Crippen molar-refractivity contribution in [3.63, 3.8) is 0 Å². The summed E-state index contributed by atoms with van der Waals surface area (Å²) in [4.78, 5) is 11.9. The molecule has 0 N–H and O–H groups in total. The van der Waals surface area contributed by atoms with E-state index in [1.54, 1.807) is 18.2 Å². The van der Waals surface area contributed by atoms with Crippen LogP contribution in [0.1, 0.15) is 44.7 Å². The Morgan fingerprint density at radius 1 is 1.04 bits per heavy atom. The average molecular weight is 361 g/mol. The summed E-state index contributed by atoms with van der Waals surface area (Å²) in [6, 6.07) is 13.3. The zero-order chi connectivity index (χ0) is 18.4. The molecular formula is C21H25ClO3. The van der Waals surface area contributed by atoms with Crippen molar-refractivity contribution in [1.29, 1.82) is 0 Å². The van der Waals surface area contributed by atoms with Crippen LogP contribution in [-0.2, 0) is 10.2 Å². The molecule has 2 aromatic rings. The van der Waals surface area contributed by atoms with Crippen molar-refractivity contribution >= 4 is 17.6 Å². The second-order valence-electron chi connectivity index (χ2n) is 7.11. The summed E-state index contributed by atoms with van der Waals surface area (Å²) in [7, 11) is 0. The number of esters is 1. The molecule has 0 saturated carbocycles. The molecule has 3 nitrogen and oxygen atoms in total. The normalized spacial score (nSPS) is 11.2. The minimum Gasteiger partial charge on any atom is -0.494 e. The third kappa shape index (κ3) is 6.09. The molecule has 0 amide bonds. The lowest BCUT2D eigenvalue weighted by molar-refractivity contribution is -0.134. The van der Waals surface area contributed by atoms with Crippen molar-refractivity contribution in [3.8, 4) is 11.5 Å². The smallest absolute Gasteiger partial charge is 0.311 e. The Kier molecular flexibility index (Phi) is 6.49. The minimum atomic E-state index is -0.270. The molecule has 0 bridgehead atoms. The van der Waals surface area contributed by atoms with E-state index >= 15 is 0 Å². The van der Waals surface area contributed by atoms with E-state index in [2.05, 4.69) is 32.9 Å². The molecule has 0 aromatic heterocycles. The van der Waals surface area contributed by atoms with Gasteiger partial charge in [-0.15, -0.1) is 0 Å². The highest BCUT2D eigenvalue weighted by Gasteiger charge is 2.13. The van der Waals surface area contributed by atoms with Crippen molar-refractivity contribution in [2.45, 2.75) is 46.0 Å². The van der Waals surface area contributed by atoms with Gasteiger partial charge in [0.2, 0.25) is 0 Å². The number of hydrogen-bond donors (Lipinski definition) is 0. The molecule has 0 aliphatic heterocycles. The average Bonchev–Trinajstić information content (AvgIpc) is 2.55. The fraction of sp³-hybridized carbons (Fsp3) is 0.381. The van der Waals surface area contributed by atoms with Crippen molar-refractivity contribution < 1.29 is 14.3 Å². The van der Waals surface area contributed by atoms with Crippen molar-refractivity contribution in [2.75, 3.05) is 6.61 Å². The van der Waals surface area contributed by atoms with E-state index in [1.165, 1.54) is 5.56 Å². The van der Waals surface area contributed by atoms with Crippen LogP contribution in [0, 0.1) is 6.92 Å². The van der Waals surface area contributed by atoms with E-state index in [0.29, 0.717) is 30.2 Å². The van der Waals surface area contributed by atoms with Gasteiger partial charge >= 0.3 is 5.97 Å². The standard InChI is InChI=1S/C21H25ClO3/c1-15-14-18(11-12-19(15)22)25-20(23)6-5-13-24-17-9-7-16(8-10-17)21(2,3)4/h7-12,14H,5-6,13H2,1-4H3. The minimum absolute atomic E-state index is 0.127. The van der Waals surface area contributed by atoms with Crippen LogP contribution in [-0.4, -0.2) is 12.6 Å². The van der Waals surface area contributed by atoms with Crippen LogP contribution in [0.25, 0.3) is 0 Å². The maximum Gasteiger partial charge on any atom is 0.311 e. The summed E-state index contributed by atoms with van der Waals surface area (Å²) < 4.78 is 11.0. The highest BCUT2D eigenvalue weighted by molar-refractivity contribution is 6.31. The Labute approximate surface area is 154 Å². The molecule has 0 atom stereocenters. The van der Waals surface area contributed by atoms with Gasteiger partial charge in [0.1, 0.15) is 11.5 Å². The van der Waals surface area contributed by atoms with Gasteiger partial charge in [0.05, 0.1) is 6.61 Å². The number of hydrogen-bond acceptors (Lipinski definition) is 3. The number of halogens is 1. The summed E-state index contributed by atoms with van der Waals surface area (Å²) in [6.45, 7) is 8.88. The Balaban J connectivity index is 1.73. The summed E-state index contributed by atoms with van der Waals surface area (Å²) in [5, 5.41) is 0.658. The summed E-state index contributed by atoms with van der Waals surface area (Å²) in [5.41, 5.74) is 2.28. The number of ether oxygens (including phenoxy) is 2. The third-order valence-electron chi connectivity index (χ3n) is 3.88. The van der Waals surface area contributed by atoms with E-state index in [1.807, 2.05) is 19.1 Å². The Morgan fingerprint density at radius 2 is 1.68 bits per heavy atom. The summed E-state index contributed by atoms with van der Waals surface area (Å²) >= 11 is 5.96. The quantitative estimate of drug-likeness (QED) is 0.376. The fourth-order valence-corrected chi connectivity index (χ4v) is 2.44. The summed E-state index contributed by atoms with van der Waals surface area (Å²) in [6.07, 6.45) is 0.911. The summed E-state index contributed by atoms with van der Waals surface area (Å²) in [5.74, 6) is 1.06. The van der Waals surface area contributed by atoms with Gasteiger partial charge in [0.15, 0.2) is 0 Å². The predicted molar refractivity (Wildman–Crippen MR) is 102 cm³/mol. The van der Waals surface area contributed by atoms with Crippen LogP contribution in [0.4, 0.5) is 0 Å². The molecule has 25 heavy (non-hydrogen) atoms. The van der Waals surface area contributed by atoms with Crippen LogP contribution < -0.4 is 9.47 Å². The number of benzene rings is 2. The zero-order valence-electron chi connectivity index (χ0n) is 15.3. The molecule has 0 radical (unpaired) electrons. The number of rotatable bonds is 6. The molecule has 0 saturated heterocycles. The van der Waals surface area contributed by atoms with Gasteiger partial charge < -0.3 is 9.47 Å². The predicted octanol–water partition coefficient (Wildman–Crippen LogP) is 5.71. The lowest BCUT2D eigenvalue weighted by Crippen LogP contribution is -2.11. The van der Waals surface area contributed by atoms with E-state index in [0.717, 1.165) is 11.3 Å². The molecule has 0 aliphatic carbocycles. The zero-order valence-corrected chi connectivity index (χ0v) is 16.0. The topological polar surface area (TPSA) is 35.5 Å². The van der Waals surface area contributed by atoms with Gasteiger partial charge in [-0.2, -0.15) is 0 Å². The van der Waals surface area contributed by atoms with Crippen molar-refractivity contribution in [3.05, 3.63) is 58.6 Å². The third-order valence-corrected chi connectivity index (χ3v) is 4.30. The first kappa shape index (κ1) is 19.3. The Morgan fingerprint density at radius 3 is 2.28 bits per heavy atom. The highest BCUT2D eigenvalue weighted by Crippen LogP contribution is 2.24. The lowest BCUT2D eigenvalue weighted by atomic mass is 9.87. The SMILES string of the molecule is Cc1cc(OC(=O)CCCOc2ccc(C(C)(C)C)cc2)ccc1Cl. The molecule has 0 aliphatic rings. The van der Waals surface area contributed by atoms with Crippen molar-refractivity contribution in [1.82, 2.24) is 0 Å². The van der Waals surface area contributed by atoms with Gasteiger partial charge in [-0.05, 0) is 60.2 Å². The van der Waals surface area contributed by atoms with E-state index in [9.17, 15) is 4.79 Å². The van der Waals surface area contributed by atoms with Crippen LogP contribution in [0.2, 0.25) is 5.02 Å².